The lowest BCUT2D eigenvalue weighted by atomic mass is 9.99. The lowest BCUT2D eigenvalue weighted by molar-refractivity contribution is -0.131. The van der Waals surface area contributed by atoms with Gasteiger partial charge in [-0.1, -0.05) is 6.07 Å². The molecule has 5 nitrogen and oxygen atoms in total. The third kappa shape index (κ3) is 2.57. The molecule has 3 rings (SSSR count). The highest BCUT2D eigenvalue weighted by Crippen LogP contribution is 2.26. The average molecular weight is 262 g/mol. The third-order valence-electron chi connectivity index (χ3n) is 3.85. The largest absolute Gasteiger partial charge is 0.508 e. The fourth-order valence-corrected chi connectivity index (χ4v) is 2.78. The van der Waals surface area contributed by atoms with Crippen LogP contribution in [0.4, 0.5) is 5.69 Å². The monoisotopic (exact) mass is 262 g/mol. The predicted molar refractivity (Wildman–Crippen MR) is 71.2 cm³/mol. The Kier molecular flexibility index (Phi) is 3.40. The lowest BCUT2D eigenvalue weighted by Gasteiger charge is -2.35. The molecule has 2 saturated heterocycles. The molecule has 0 aliphatic carbocycles. The second-order valence-electron chi connectivity index (χ2n) is 5.13. The van der Waals surface area contributed by atoms with Crippen LogP contribution in [0.3, 0.4) is 0 Å². The van der Waals surface area contributed by atoms with E-state index < -0.39 is 0 Å². The molecule has 2 aliphatic rings. The van der Waals surface area contributed by atoms with Crippen LogP contribution in [-0.2, 0) is 9.53 Å². The van der Waals surface area contributed by atoms with Gasteiger partial charge >= 0.3 is 0 Å². The number of amides is 1. The first-order chi connectivity index (χ1) is 9.24. The number of nitrogens with one attached hydrogen (secondary N) is 1. The van der Waals surface area contributed by atoms with Crippen LogP contribution >= 0.6 is 0 Å². The van der Waals surface area contributed by atoms with Crippen LogP contribution in [0.15, 0.2) is 24.3 Å². The Hall–Kier alpha value is -1.59. The van der Waals surface area contributed by atoms with Crippen LogP contribution in [0, 0.1) is 5.92 Å². The normalized spacial score (nSPS) is 27.8. The van der Waals surface area contributed by atoms with E-state index in [1.165, 1.54) is 0 Å². The topological polar surface area (TPSA) is 61.8 Å². The van der Waals surface area contributed by atoms with E-state index in [1.54, 1.807) is 23.1 Å². The first-order valence-corrected chi connectivity index (χ1v) is 6.66. The van der Waals surface area contributed by atoms with Crippen LogP contribution in [0.1, 0.15) is 6.42 Å². The number of carbonyl (C=O) groups excluding carboxylic acids is 1. The number of nitrogens with zero attached hydrogens (tertiary/aromatic N) is 1. The minimum Gasteiger partial charge on any atom is -0.508 e. The molecule has 0 spiro atoms. The summed E-state index contributed by atoms with van der Waals surface area (Å²) in [6.45, 7) is 2.66. The molecule has 0 radical (unpaired) electrons. The number of morpholine rings is 1. The van der Waals surface area contributed by atoms with Gasteiger partial charge in [-0.2, -0.15) is 0 Å². The number of phenolic OH excluding ortho intramolecular Hbond substituents is 1. The molecule has 1 aromatic rings. The van der Waals surface area contributed by atoms with E-state index in [2.05, 4.69) is 5.32 Å². The number of benzene rings is 1. The van der Waals surface area contributed by atoms with Gasteiger partial charge < -0.3 is 20.1 Å². The third-order valence-corrected chi connectivity index (χ3v) is 3.85. The Morgan fingerprint density at radius 2 is 2.32 bits per heavy atom. The fourth-order valence-electron chi connectivity index (χ4n) is 2.78. The summed E-state index contributed by atoms with van der Waals surface area (Å²) in [5.41, 5.74) is 0.740. The summed E-state index contributed by atoms with van der Waals surface area (Å²) < 4.78 is 5.66. The summed E-state index contributed by atoms with van der Waals surface area (Å²) in [4.78, 5) is 13.7. The zero-order valence-electron chi connectivity index (χ0n) is 10.7. The maximum Gasteiger partial charge on any atom is 0.253 e. The van der Waals surface area contributed by atoms with Crippen molar-refractivity contribution in [1.29, 1.82) is 0 Å². The van der Waals surface area contributed by atoms with Gasteiger partial charge in [-0.3, -0.25) is 4.79 Å². The number of hydrogen-bond acceptors (Lipinski definition) is 4. The summed E-state index contributed by atoms with van der Waals surface area (Å²) in [5.74, 6) is 0.594. The first kappa shape index (κ1) is 12.4. The number of ether oxygens (including phenoxy) is 1. The van der Waals surface area contributed by atoms with Gasteiger partial charge in [-0.15, -0.1) is 0 Å². The molecular weight excluding hydrogens is 244 g/mol. The summed E-state index contributed by atoms with van der Waals surface area (Å²) in [6, 6.07) is 6.81. The molecule has 5 heteroatoms. The second-order valence-corrected chi connectivity index (χ2v) is 5.13. The molecule has 2 aliphatic heterocycles. The Bertz CT molecular complexity index is 472. The van der Waals surface area contributed by atoms with Crippen molar-refractivity contribution < 1.29 is 14.6 Å². The zero-order chi connectivity index (χ0) is 13.2. The Morgan fingerprint density at radius 1 is 1.42 bits per heavy atom. The highest BCUT2D eigenvalue weighted by molar-refractivity contribution is 5.95. The van der Waals surface area contributed by atoms with Gasteiger partial charge in [-0.25, -0.2) is 0 Å². The SMILES string of the molecule is O=C1COC(C2CCNC2)CN1c1cccc(O)c1. The van der Waals surface area contributed by atoms with Crippen LogP contribution < -0.4 is 10.2 Å². The number of aromatic hydroxyl groups is 1. The zero-order valence-corrected chi connectivity index (χ0v) is 10.7. The van der Waals surface area contributed by atoms with E-state index >= 15 is 0 Å². The predicted octanol–water partition coefficient (Wildman–Crippen LogP) is 0.733. The van der Waals surface area contributed by atoms with Crippen LogP contribution in [0.5, 0.6) is 5.75 Å². The van der Waals surface area contributed by atoms with Gasteiger partial charge in [-0.05, 0) is 25.1 Å². The van der Waals surface area contributed by atoms with Crippen molar-refractivity contribution in [1.82, 2.24) is 5.32 Å². The van der Waals surface area contributed by atoms with Gasteiger partial charge in [0.2, 0.25) is 0 Å². The van der Waals surface area contributed by atoms with Gasteiger partial charge in [0, 0.05) is 24.2 Å². The summed E-state index contributed by atoms with van der Waals surface area (Å²) in [6.07, 6.45) is 1.17. The minimum atomic E-state index is -0.0483. The van der Waals surface area contributed by atoms with E-state index in [0.29, 0.717) is 12.5 Å². The fraction of sp³-hybridized carbons (Fsp3) is 0.500. The molecule has 1 aromatic carbocycles. The van der Waals surface area contributed by atoms with Crippen LogP contribution in [0.25, 0.3) is 0 Å². The Morgan fingerprint density at radius 3 is 3.05 bits per heavy atom. The van der Waals surface area contributed by atoms with Crippen molar-refractivity contribution in [3.63, 3.8) is 0 Å². The number of rotatable bonds is 2. The minimum absolute atomic E-state index is 0.0483. The standard InChI is InChI=1S/C14H18N2O3/c17-12-3-1-2-11(6-12)16-8-13(19-9-14(16)18)10-4-5-15-7-10/h1-3,6,10,13,15,17H,4-5,7-9H2. The van der Waals surface area contributed by atoms with Crippen molar-refractivity contribution in [3.05, 3.63) is 24.3 Å². The molecule has 102 valence electrons. The van der Waals surface area contributed by atoms with Gasteiger partial charge in [0.15, 0.2) is 0 Å². The van der Waals surface area contributed by atoms with E-state index in [4.69, 9.17) is 4.74 Å². The molecule has 0 aromatic heterocycles. The van der Waals surface area contributed by atoms with E-state index in [1.807, 2.05) is 6.07 Å². The van der Waals surface area contributed by atoms with Crippen molar-refractivity contribution in [2.24, 2.45) is 5.92 Å². The first-order valence-electron chi connectivity index (χ1n) is 6.66. The molecule has 1 amide bonds. The van der Waals surface area contributed by atoms with Crippen molar-refractivity contribution >= 4 is 11.6 Å². The van der Waals surface area contributed by atoms with Crippen molar-refractivity contribution in [2.45, 2.75) is 12.5 Å². The molecule has 2 unspecified atom stereocenters. The molecular formula is C14H18N2O3. The molecule has 19 heavy (non-hydrogen) atoms. The maximum atomic E-state index is 12.0. The van der Waals surface area contributed by atoms with E-state index in [0.717, 1.165) is 25.2 Å². The Labute approximate surface area is 112 Å². The molecule has 0 saturated carbocycles. The number of carbonyl (C=O) groups is 1. The quantitative estimate of drug-likeness (QED) is 0.825. The lowest BCUT2D eigenvalue weighted by Crippen LogP contribution is -2.49. The average Bonchev–Trinajstić information content (AvgIpc) is 2.93. The number of phenols is 1. The molecule has 2 atom stereocenters. The Balaban J connectivity index is 1.77. The molecule has 0 bridgehead atoms. The van der Waals surface area contributed by atoms with E-state index in [9.17, 15) is 9.90 Å². The summed E-state index contributed by atoms with van der Waals surface area (Å²) in [7, 11) is 0. The van der Waals surface area contributed by atoms with Crippen molar-refractivity contribution in [2.75, 3.05) is 31.1 Å². The van der Waals surface area contributed by atoms with Crippen LogP contribution in [0.2, 0.25) is 0 Å². The summed E-state index contributed by atoms with van der Waals surface area (Å²) >= 11 is 0. The number of hydrogen-bond donors (Lipinski definition) is 2. The van der Waals surface area contributed by atoms with Crippen LogP contribution in [-0.4, -0.2) is 43.4 Å². The number of anilines is 1. The van der Waals surface area contributed by atoms with Gasteiger partial charge in [0.1, 0.15) is 12.4 Å². The van der Waals surface area contributed by atoms with Crippen molar-refractivity contribution in [3.8, 4) is 5.75 Å². The molecule has 2 N–H and O–H groups in total. The molecule has 2 heterocycles. The smallest absolute Gasteiger partial charge is 0.253 e. The van der Waals surface area contributed by atoms with E-state index in [-0.39, 0.29) is 24.4 Å². The molecule has 2 fully saturated rings. The van der Waals surface area contributed by atoms with Gasteiger partial charge in [0.05, 0.1) is 12.6 Å². The van der Waals surface area contributed by atoms with Gasteiger partial charge in [0.25, 0.3) is 5.91 Å². The second kappa shape index (κ2) is 5.19. The summed E-state index contributed by atoms with van der Waals surface area (Å²) in [5, 5.41) is 12.8. The highest BCUT2D eigenvalue weighted by atomic mass is 16.5. The maximum absolute atomic E-state index is 12.0. The highest BCUT2D eigenvalue weighted by Gasteiger charge is 2.33.